The maximum Gasteiger partial charge on any atom is 0.410 e. The molecule has 0 aromatic rings. The van der Waals surface area contributed by atoms with Crippen LogP contribution >= 0.6 is 0 Å². The summed E-state index contributed by atoms with van der Waals surface area (Å²) in [4.78, 5) is 13.0. The highest BCUT2D eigenvalue weighted by atomic mass is 32.3. The standard InChI is InChI=1S/C11H22FNO4S/c1-11(2,3)17-10(14)13(4)8-6-5-7-9-18(12,15)16/h5-9H2,1-4H3. The second-order valence-electron chi connectivity index (χ2n) is 5.21. The van der Waals surface area contributed by atoms with Gasteiger partial charge in [-0.05, 0) is 33.6 Å². The van der Waals surface area contributed by atoms with Gasteiger partial charge in [0.05, 0.1) is 5.75 Å². The van der Waals surface area contributed by atoms with Gasteiger partial charge in [0.1, 0.15) is 5.60 Å². The maximum absolute atomic E-state index is 12.2. The molecule has 1 amide bonds. The molecule has 0 radical (unpaired) electrons. The number of amides is 1. The zero-order chi connectivity index (χ0) is 14.4. The Labute approximate surface area is 109 Å². The Kier molecular flexibility index (Phi) is 6.59. The fourth-order valence-electron chi connectivity index (χ4n) is 1.23. The van der Waals surface area contributed by atoms with Crippen LogP contribution in [-0.2, 0) is 15.0 Å². The third kappa shape index (κ3) is 10.3. The van der Waals surface area contributed by atoms with Gasteiger partial charge in [-0.25, -0.2) is 4.79 Å². The molecule has 0 aliphatic carbocycles. The van der Waals surface area contributed by atoms with Crippen LogP contribution in [0.4, 0.5) is 8.68 Å². The van der Waals surface area contributed by atoms with Gasteiger partial charge < -0.3 is 9.64 Å². The largest absolute Gasteiger partial charge is 0.444 e. The van der Waals surface area contributed by atoms with Crippen molar-refractivity contribution >= 4 is 16.3 Å². The first-order valence-electron chi connectivity index (χ1n) is 5.88. The average Bonchev–Trinajstić information content (AvgIpc) is 2.12. The lowest BCUT2D eigenvalue weighted by atomic mass is 10.2. The Hall–Kier alpha value is -0.850. The molecular weight excluding hydrogens is 261 g/mol. The number of hydrogen-bond acceptors (Lipinski definition) is 4. The minimum atomic E-state index is -4.37. The lowest BCUT2D eigenvalue weighted by Gasteiger charge is -2.24. The van der Waals surface area contributed by atoms with Crippen LogP contribution < -0.4 is 0 Å². The van der Waals surface area contributed by atoms with Gasteiger partial charge >= 0.3 is 16.3 Å². The maximum atomic E-state index is 12.2. The van der Waals surface area contributed by atoms with Crippen molar-refractivity contribution in [2.75, 3.05) is 19.3 Å². The van der Waals surface area contributed by atoms with Crippen molar-refractivity contribution in [2.24, 2.45) is 0 Å². The van der Waals surface area contributed by atoms with E-state index in [4.69, 9.17) is 4.74 Å². The lowest BCUT2D eigenvalue weighted by molar-refractivity contribution is 0.0296. The first kappa shape index (κ1) is 17.2. The highest BCUT2D eigenvalue weighted by Gasteiger charge is 2.19. The molecule has 0 aliphatic rings. The zero-order valence-electron chi connectivity index (χ0n) is 11.4. The summed E-state index contributed by atoms with van der Waals surface area (Å²) in [5.41, 5.74) is -0.534. The third-order valence-electron chi connectivity index (χ3n) is 2.09. The van der Waals surface area contributed by atoms with Crippen LogP contribution in [0.2, 0.25) is 0 Å². The van der Waals surface area contributed by atoms with Crippen LogP contribution in [0.3, 0.4) is 0 Å². The molecule has 0 saturated carbocycles. The molecule has 0 heterocycles. The van der Waals surface area contributed by atoms with Crippen molar-refractivity contribution in [1.29, 1.82) is 0 Å². The molecule has 0 N–H and O–H groups in total. The van der Waals surface area contributed by atoms with Crippen LogP contribution in [0.25, 0.3) is 0 Å². The van der Waals surface area contributed by atoms with Gasteiger partial charge in [-0.15, -0.1) is 3.89 Å². The molecule has 0 saturated heterocycles. The van der Waals surface area contributed by atoms with E-state index < -0.39 is 27.7 Å². The number of rotatable bonds is 6. The fraction of sp³-hybridized carbons (Fsp3) is 0.909. The number of ether oxygens (including phenoxy) is 1. The molecule has 0 aromatic carbocycles. The summed E-state index contributed by atoms with van der Waals surface area (Å²) >= 11 is 0. The molecule has 0 aliphatic heterocycles. The Morgan fingerprint density at radius 1 is 1.22 bits per heavy atom. The number of unbranched alkanes of at least 4 members (excludes halogenated alkanes) is 2. The molecular formula is C11H22FNO4S. The fourth-order valence-corrected chi connectivity index (χ4v) is 1.78. The van der Waals surface area contributed by atoms with Gasteiger partial charge in [-0.1, -0.05) is 6.42 Å². The summed E-state index contributed by atoms with van der Waals surface area (Å²) in [6.07, 6.45) is 1.02. The van der Waals surface area contributed by atoms with E-state index >= 15 is 0 Å². The normalized spacial score (nSPS) is 12.3. The second kappa shape index (κ2) is 6.92. The van der Waals surface area contributed by atoms with Crippen molar-refractivity contribution in [3.8, 4) is 0 Å². The van der Waals surface area contributed by atoms with E-state index in [2.05, 4.69) is 0 Å². The summed E-state index contributed by atoms with van der Waals surface area (Å²) in [5, 5.41) is 0. The summed E-state index contributed by atoms with van der Waals surface area (Å²) in [6, 6.07) is 0. The minimum Gasteiger partial charge on any atom is -0.444 e. The van der Waals surface area contributed by atoms with Crippen LogP contribution in [0.15, 0.2) is 0 Å². The number of halogens is 1. The number of hydrogen-bond donors (Lipinski definition) is 0. The molecule has 7 heteroatoms. The summed E-state index contributed by atoms with van der Waals surface area (Å²) in [6.45, 7) is 5.81. The van der Waals surface area contributed by atoms with Gasteiger partial charge in [0.15, 0.2) is 0 Å². The summed E-state index contributed by atoms with van der Waals surface area (Å²) in [5.74, 6) is -0.455. The number of nitrogens with zero attached hydrogens (tertiary/aromatic N) is 1. The second-order valence-corrected chi connectivity index (χ2v) is 6.69. The molecule has 0 fully saturated rings. The Morgan fingerprint density at radius 2 is 1.78 bits per heavy atom. The number of carbonyl (C=O) groups excluding carboxylic acids is 1. The van der Waals surface area contributed by atoms with Crippen molar-refractivity contribution in [2.45, 2.75) is 45.6 Å². The SMILES string of the molecule is CN(CCCCCS(=O)(=O)F)C(=O)OC(C)(C)C. The smallest absolute Gasteiger partial charge is 0.410 e. The van der Waals surface area contributed by atoms with E-state index in [-0.39, 0.29) is 6.42 Å². The zero-order valence-corrected chi connectivity index (χ0v) is 12.2. The van der Waals surface area contributed by atoms with E-state index in [9.17, 15) is 17.1 Å². The van der Waals surface area contributed by atoms with Crippen LogP contribution in [0.1, 0.15) is 40.0 Å². The molecule has 108 valence electrons. The van der Waals surface area contributed by atoms with Crippen molar-refractivity contribution in [3.63, 3.8) is 0 Å². The molecule has 5 nitrogen and oxygen atoms in total. The van der Waals surface area contributed by atoms with E-state index in [1.807, 2.05) is 0 Å². The van der Waals surface area contributed by atoms with Gasteiger partial charge in [-0.3, -0.25) is 0 Å². The highest BCUT2D eigenvalue weighted by Crippen LogP contribution is 2.10. The van der Waals surface area contributed by atoms with Gasteiger partial charge in [0.2, 0.25) is 0 Å². The summed E-state index contributed by atoms with van der Waals surface area (Å²) < 4.78 is 37.8. The Balaban J connectivity index is 3.77. The predicted molar refractivity (Wildman–Crippen MR) is 67.6 cm³/mol. The van der Waals surface area contributed by atoms with E-state index in [1.54, 1.807) is 27.8 Å². The molecule has 0 aromatic heterocycles. The van der Waals surface area contributed by atoms with Crippen LogP contribution in [-0.4, -0.2) is 44.4 Å². The van der Waals surface area contributed by atoms with E-state index in [1.165, 1.54) is 4.90 Å². The number of carbonyl (C=O) groups is 1. The molecule has 0 rings (SSSR count). The van der Waals surface area contributed by atoms with Crippen LogP contribution in [0.5, 0.6) is 0 Å². The topological polar surface area (TPSA) is 63.7 Å². The molecule has 0 unspecified atom stereocenters. The van der Waals surface area contributed by atoms with E-state index in [0.717, 1.165) is 0 Å². The van der Waals surface area contributed by atoms with Gasteiger partial charge in [0, 0.05) is 13.6 Å². The average molecular weight is 283 g/mol. The minimum absolute atomic E-state index is 0.265. The Bertz CT molecular complexity index is 362. The van der Waals surface area contributed by atoms with Crippen LogP contribution in [0, 0.1) is 0 Å². The lowest BCUT2D eigenvalue weighted by Crippen LogP contribution is -2.34. The first-order valence-corrected chi connectivity index (χ1v) is 7.43. The van der Waals surface area contributed by atoms with E-state index in [0.29, 0.717) is 19.4 Å². The Morgan fingerprint density at radius 3 is 2.22 bits per heavy atom. The molecule has 0 spiro atoms. The van der Waals surface area contributed by atoms with Crippen molar-refractivity contribution in [3.05, 3.63) is 0 Å². The first-order chi connectivity index (χ1) is 8.01. The molecule has 18 heavy (non-hydrogen) atoms. The molecule has 0 bridgehead atoms. The predicted octanol–water partition coefficient (Wildman–Crippen LogP) is 2.32. The summed E-state index contributed by atoms with van der Waals surface area (Å²) in [7, 11) is -2.76. The van der Waals surface area contributed by atoms with Crippen molar-refractivity contribution < 1.29 is 21.8 Å². The van der Waals surface area contributed by atoms with Gasteiger partial charge in [0.25, 0.3) is 0 Å². The highest BCUT2D eigenvalue weighted by molar-refractivity contribution is 7.86. The third-order valence-corrected chi connectivity index (χ3v) is 2.86. The van der Waals surface area contributed by atoms with Gasteiger partial charge in [-0.2, -0.15) is 8.42 Å². The van der Waals surface area contributed by atoms with Crippen molar-refractivity contribution in [1.82, 2.24) is 4.90 Å². The molecule has 0 atom stereocenters. The monoisotopic (exact) mass is 283 g/mol. The quantitative estimate of drug-likeness (QED) is 0.554.